The van der Waals surface area contributed by atoms with E-state index >= 15 is 0 Å². The molecule has 1 fully saturated rings. The monoisotopic (exact) mass is 242 g/mol. The number of nitrogens with two attached hydrogens (primary N) is 1. The second kappa shape index (κ2) is 6.59. The van der Waals surface area contributed by atoms with Crippen LogP contribution in [-0.2, 0) is 9.59 Å². The van der Waals surface area contributed by atoms with E-state index in [0.29, 0.717) is 5.92 Å². The SMILES string of the molecule is CCC1CCCN(C(=O)C(N)CCC(=O)O)C1. The quantitative estimate of drug-likeness (QED) is 0.748. The molecule has 5 heteroatoms. The third-order valence-corrected chi connectivity index (χ3v) is 3.39. The molecule has 5 nitrogen and oxygen atoms in total. The van der Waals surface area contributed by atoms with Crippen molar-refractivity contribution < 1.29 is 14.7 Å². The van der Waals surface area contributed by atoms with Crippen molar-refractivity contribution in [1.82, 2.24) is 4.90 Å². The number of carboxylic acid groups (broad SMARTS) is 1. The van der Waals surface area contributed by atoms with Gasteiger partial charge in [-0.3, -0.25) is 9.59 Å². The van der Waals surface area contributed by atoms with E-state index in [9.17, 15) is 9.59 Å². The summed E-state index contributed by atoms with van der Waals surface area (Å²) >= 11 is 0. The highest BCUT2D eigenvalue weighted by Crippen LogP contribution is 2.19. The summed E-state index contributed by atoms with van der Waals surface area (Å²) in [6.45, 7) is 3.66. The van der Waals surface area contributed by atoms with Crippen LogP contribution in [0.4, 0.5) is 0 Å². The largest absolute Gasteiger partial charge is 0.481 e. The summed E-state index contributed by atoms with van der Waals surface area (Å²) in [7, 11) is 0. The fourth-order valence-electron chi connectivity index (χ4n) is 2.24. The molecule has 1 aliphatic rings. The molecule has 1 aliphatic heterocycles. The van der Waals surface area contributed by atoms with Crippen molar-refractivity contribution in [2.45, 2.75) is 45.1 Å². The van der Waals surface area contributed by atoms with Gasteiger partial charge in [-0.15, -0.1) is 0 Å². The molecule has 0 aromatic heterocycles. The third kappa shape index (κ3) is 4.34. The molecule has 1 amide bonds. The van der Waals surface area contributed by atoms with Crippen LogP contribution >= 0.6 is 0 Å². The number of carbonyl (C=O) groups is 2. The second-order valence-electron chi connectivity index (χ2n) is 4.74. The Balaban J connectivity index is 2.42. The molecule has 1 rings (SSSR count). The molecule has 0 spiro atoms. The van der Waals surface area contributed by atoms with Gasteiger partial charge in [-0.05, 0) is 25.2 Å². The van der Waals surface area contributed by atoms with Gasteiger partial charge in [0.25, 0.3) is 0 Å². The highest BCUT2D eigenvalue weighted by Gasteiger charge is 2.26. The zero-order valence-corrected chi connectivity index (χ0v) is 10.4. The molecule has 0 aromatic carbocycles. The van der Waals surface area contributed by atoms with Crippen LogP contribution in [0.15, 0.2) is 0 Å². The highest BCUT2D eigenvalue weighted by atomic mass is 16.4. The molecule has 98 valence electrons. The van der Waals surface area contributed by atoms with Gasteiger partial charge >= 0.3 is 5.97 Å². The number of likely N-dealkylation sites (tertiary alicyclic amines) is 1. The van der Waals surface area contributed by atoms with Gasteiger partial charge in [-0.1, -0.05) is 13.3 Å². The first-order valence-electron chi connectivity index (χ1n) is 6.30. The minimum absolute atomic E-state index is 0.0437. The van der Waals surface area contributed by atoms with E-state index in [0.717, 1.165) is 25.9 Å². The standard InChI is InChI=1S/C12H22N2O3/c1-2-9-4-3-7-14(8-9)12(17)10(13)5-6-11(15)16/h9-10H,2-8,13H2,1H3,(H,15,16). The van der Waals surface area contributed by atoms with E-state index in [1.807, 2.05) is 0 Å². The Labute approximate surface area is 102 Å². The van der Waals surface area contributed by atoms with E-state index in [4.69, 9.17) is 10.8 Å². The summed E-state index contributed by atoms with van der Waals surface area (Å²) in [6.07, 6.45) is 3.45. The maximum atomic E-state index is 12.0. The molecule has 1 saturated heterocycles. The maximum absolute atomic E-state index is 12.0. The molecular weight excluding hydrogens is 220 g/mol. The number of hydrogen-bond acceptors (Lipinski definition) is 3. The number of aliphatic carboxylic acids is 1. The van der Waals surface area contributed by atoms with E-state index in [-0.39, 0.29) is 18.7 Å². The van der Waals surface area contributed by atoms with E-state index in [1.165, 1.54) is 6.42 Å². The summed E-state index contributed by atoms with van der Waals surface area (Å²) in [5.74, 6) is -0.429. The van der Waals surface area contributed by atoms with Crippen molar-refractivity contribution in [3.05, 3.63) is 0 Å². The zero-order valence-electron chi connectivity index (χ0n) is 10.4. The van der Waals surface area contributed by atoms with Crippen LogP contribution < -0.4 is 5.73 Å². The van der Waals surface area contributed by atoms with Crippen molar-refractivity contribution in [1.29, 1.82) is 0 Å². The van der Waals surface area contributed by atoms with E-state index in [1.54, 1.807) is 4.90 Å². The molecule has 0 saturated carbocycles. The van der Waals surface area contributed by atoms with Gasteiger partial charge in [0.1, 0.15) is 0 Å². The number of rotatable bonds is 5. The van der Waals surface area contributed by atoms with Gasteiger partial charge in [0, 0.05) is 19.5 Å². The minimum atomic E-state index is -0.904. The van der Waals surface area contributed by atoms with Crippen LogP contribution in [0.2, 0.25) is 0 Å². The molecule has 17 heavy (non-hydrogen) atoms. The van der Waals surface area contributed by atoms with Gasteiger partial charge < -0.3 is 15.7 Å². The van der Waals surface area contributed by atoms with Crippen LogP contribution in [0.5, 0.6) is 0 Å². The van der Waals surface area contributed by atoms with Crippen molar-refractivity contribution in [2.75, 3.05) is 13.1 Å². The zero-order chi connectivity index (χ0) is 12.8. The summed E-state index contributed by atoms with van der Waals surface area (Å²) < 4.78 is 0. The average Bonchev–Trinajstić information content (AvgIpc) is 2.35. The summed E-state index contributed by atoms with van der Waals surface area (Å²) in [5, 5.41) is 8.55. The molecule has 0 aromatic rings. The Kier molecular flexibility index (Phi) is 5.41. The topological polar surface area (TPSA) is 83.6 Å². The van der Waals surface area contributed by atoms with Crippen LogP contribution in [0.25, 0.3) is 0 Å². The Bertz CT molecular complexity index is 281. The number of hydrogen-bond donors (Lipinski definition) is 2. The first-order valence-corrected chi connectivity index (χ1v) is 6.30. The fraction of sp³-hybridized carbons (Fsp3) is 0.833. The lowest BCUT2D eigenvalue weighted by Gasteiger charge is -2.33. The first kappa shape index (κ1) is 14.0. The molecule has 1 heterocycles. The molecule has 2 unspecified atom stereocenters. The third-order valence-electron chi connectivity index (χ3n) is 3.39. The van der Waals surface area contributed by atoms with Crippen LogP contribution in [0.1, 0.15) is 39.0 Å². The van der Waals surface area contributed by atoms with Crippen molar-refractivity contribution in [2.24, 2.45) is 11.7 Å². The fourth-order valence-corrected chi connectivity index (χ4v) is 2.24. The predicted molar refractivity (Wildman–Crippen MR) is 64.4 cm³/mol. The van der Waals surface area contributed by atoms with Gasteiger partial charge in [0.15, 0.2) is 0 Å². The maximum Gasteiger partial charge on any atom is 0.303 e. The molecule has 0 aliphatic carbocycles. The number of piperidine rings is 1. The number of carbonyl (C=O) groups excluding carboxylic acids is 1. The minimum Gasteiger partial charge on any atom is -0.481 e. The Morgan fingerprint density at radius 3 is 2.82 bits per heavy atom. The van der Waals surface area contributed by atoms with Crippen molar-refractivity contribution in [3.8, 4) is 0 Å². The molecule has 0 radical (unpaired) electrons. The lowest BCUT2D eigenvalue weighted by Crippen LogP contribution is -2.48. The lowest BCUT2D eigenvalue weighted by molar-refractivity contribution is -0.138. The van der Waals surface area contributed by atoms with Crippen LogP contribution in [0, 0.1) is 5.92 Å². The summed E-state index contributed by atoms with van der Waals surface area (Å²) in [4.78, 5) is 24.2. The van der Waals surface area contributed by atoms with Gasteiger partial charge in [0.05, 0.1) is 6.04 Å². The number of nitrogens with zero attached hydrogens (tertiary/aromatic N) is 1. The van der Waals surface area contributed by atoms with Gasteiger partial charge in [-0.25, -0.2) is 0 Å². The Morgan fingerprint density at radius 2 is 2.24 bits per heavy atom. The number of carboxylic acids is 1. The Morgan fingerprint density at radius 1 is 1.53 bits per heavy atom. The Hall–Kier alpha value is -1.10. The first-order chi connectivity index (χ1) is 8.04. The molecule has 3 N–H and O–H groups in total. The van der Waals surface area contributed by atoms with Crippen molar-refractivity contribution in [3.63, 3.8) is 0 Å². The summed E-state index contributed by atoms with van der Waals surface area (Å²) in [6, 6.07) is -0.665. The van der Waals surface area contributed by atoms with Gasteiger partial charge in [0.2, 0.25) is 5.91 Å². The lowest BCUT2D eigenvalue weighted by atomic mass is 9.95. The molecule has 0 bridgehead atoms. The molecular formula is C12H22N2O3. The summed E-state index contributed by atoms with van der Waals surface area (Å²) in [5.41, 5.74) is 5.73. The van der Waals surface area contributed by atoms with Gasteiger partial charge in [-0.2, -0.15) is 0 Å². The highest BCUT2D eigenvalue weighted by molar-refractivity contribution is 5.82. The second-order valence-corrected chi connectivity index (χ2v) is 4.74. The number of amides is 1. The molecule has 2 atom stereocenters. The van der Waals surface area contributed by atoms with E-state index < -0.39 is 12.0 Å². The van der Waals surface area contributed by atoms with Crippen molar-refractivity contribution >= 4 is 11.9 Å². The smallest absolute Gasteiger partial charge is 0.303 e. The normalized spacial score (nSPS) is 22.2. The van der Waals surface area contributed by atoms with E-state index in [2.05, 4.69) is 6.92 Å². The average molecular weight is 242 g/mol. The predicted octanol–water partition coefficient (Wildman–Crippen LogP) is 0.827. The van der Waals surface area contributed by atoms with Crippen LogP contribution in [-0.4, -0.2) is 41.0 Å². The van der Waals surface area contributed by atoms with Crippen LogP contribution in [0.3, 0.4) is 0 Å².